The molecule has 0 spiro atoms. The van der Waals surface area contributed by atoms with Crippen molar-refractivity contribution in [1.29, 1.82) is 0 Å². The highest BCUT2D eigenvalue weighted by Crippen LogP contribution is 2.32. The number of aryl methyl sites for hydroxylation is 1. The van der Waals surface area contributed by atoms with E-state index in [1.165, 1.54) is 0 Å². The van der Waals surface area contributed by atoms with Crippen LogP contribution in [0.3, 0.4) is 0 Å². The smallest absolute Gasteiger partial charge is 0.125 e. The van der Waals surface area contributed by atoms with Crippen LogP contribution in [0.4, 0.5) is 0 Å². The lowest BCUT2D eigenvalue weighted by Crippen LogP contribution is -2.30. The second-order valence-corrected chi connectivity index (χ2v) is 4.22. The van der Waals surface area contributed by atoms with E-state index in [9.17, 15) is 0 Å². The first-order valence-electron chi connectivity index (χ1n) is 4.72. The highest BCUT2D eigenvalue weighted by atomic mass is 15.1. The molecule has 3 heteroatoms. The van der Waals surface area contributed by atoms with Crippen LogP contribution in [0.1, 0.15) is 39.1 Å². The lowest BCUT2D eigenvalue weighted by molar-refractivity contribution is 0.265. The number of nitrogens with zero attached hydrogens (tertiary/aromatic N) is 2. The van der Waals surface area contributed by atoms with E-state index in [0.29, 0.717) is 0 Å². The van der Waals surface area contributed by atoms with Crippen LogP contribution in [-0.2, 0) is 7.05 Å². The molecule has 0 amide bonds. The maximum Gasteiger partial charge on any atom is 0.125 e. The predicted octanol–water partition coefficient (Wildman–Crippen LogP) is 1.86. The fraction of sp³-hybridized carbons (Fsp3) is 0.700. The van der Waals surface area contributed by atoms with E-state index in [1.807, 2.05) is 17.8 Å². The van der Waals surface area contributed by atoms with Crippen molar-refractivity contribution >= 4 is 0 Å². The highest BCUT2D eigenvalue weighted by Gasteiger charge is 2.28. The van der Waals surface area contributed by atoms with E-state index < -0.39 is 0 Å². The molecule has 1 atom stereocenters. The van der Waals surface area contributed by atoms with E-state index >= 15 is 0 Å². The van der Waals surface area contributed by atoms with Gasteiger partial charge in [0.25, 0.3) is 0 Å². The van der Waals surface area contributed by atoms with Crippen LogP contribution in [0, 0.1) is 5.41 Å². The minimum Gasteiger partial charge on any atom is -0.337 e. The highest BCUT2D eigenvalue weighted by molar-refractivity contribution is 5.02. The lowest BCUT2D eigenvalue weighted by atomic mass is 9.82. The number of nitrogens with two attached hydrogens (primary N) is 1. The fourth-order valence-corrected chi connectivity index (χ4v) is 1.25. The maximum atomic E-state index is 6.15. The molecule has 1 aromatic heterocycles. The topological polar surface area (TPSA) is 43.8 Å². The molecule has 1 unspecified atom stereocenters. The standard InChI is InChI=1S/C10H19N3/c1-5-10(2,3)8(11)9-12-6-7-13(9)4/h6-8H,5,11H2,1-4H3. The fourth-order valence-electron chi connectivity index (χ4n) is 1.25. The van der Waals surface area contributed by atoms with Gasteiger partial charge in [-0.05, 0) is 11.8 Å². The molecule has 0 saturated heterocycles. The minimum atomic E-state index is 0.0116. The molecule has 0 aliphatic rings. The number of hydrogen-bond donors (Lipinski definition) is 1. The third kappa shape index (κ3) is 1.91. The molecule has 13 heavy (non-hydrogen) atoms. The largest absolute Gasteiger partial charge is 0.337 e. The third-order valence-corrected chi connectivity index (χ3v) is 2.89. The maximum absolute atomic E-state index is 6.15. The Balaban J connectivity index is 2.91. The lowest BCUT2D eigenvalue weighted by Gasteiger charge is -2.29. The van der Waals surface area contributed by atoms with Crippen molar-refractivity contribution in [2.45, 2.75) is 33.2 Å². The van der Waals surface area contributed by atoms with Crippen molar-refractivity contribution < 1.29 is 0 Å². The first-order chi connectivity index (χ1) is 5.99. The van der Waals surface area contributed by atoms with Crippen molar-refractivity contribution in [2.75, 3.05) is 0 Å². The van der Waals surface area contributed by atoms with Crippen LogP contribution in [0.15, 0.2) is 12.4 Å². The Hall–Kier alpha value is -0.830. The average molecular weight is 181 g/mol. The van der Waals surface area contributed by atoms with Gasteiger partial charge in [0, 0.05) is 19.4 Å². The molecule has 0 saturated carbocycles. The Morgan fingerprint density at radius 2 is 2.23 bits per heavy atom. The zero-order chi connectivity index (χ0) is 10.1. The SMILES string of the molecule is CCC(C)(C)C(N)c1nccn1C. The Morgan fingerprint density at radius 1 is 1.62 bits per heavy atom. The summed E-state index contributed by atoms with van der Waals surface area (Å²) in [6, 6.07) is 0.0116. The van der Waals surface area contributed by atoms with Gasteiger partial charge in [-0.25, -0.2) is 4.98 Å². The van der Waals surface area contributed by atoms with Gasteiger partial charge in [-0.1, -0.05) is 20.8 Å². The summed E-state index contributed by atoms with van der Waals surface area (Å²) in [5.74, 6) is 0.965. The molecule has 0 aliphatic heterocycles. The van der Waals surface area contributed by atoms with Gasteiger partial charge in [0.15, 0.2) is 0 Å². The van der Waals surface area contributed by atoms with E-state index in [1.54, 1.807) is 6.20 Å². The molecular weight excluding hydrogens is 162 g/mol. The quantitative estimate of drug-likeness (QED) is 0.773. The second-order valence-electron chi connectivity index (χ2n) is 4.22. The normalized spacial score (nSPS) is 14.5. The Morgan fingerprint density at radius 3 is 2.62 bits per heavy atom. The summed E-state index contributed by atoms with van der Waals surface area (Å²) in [5.41, 5.74) is 6.26. The number of rotatable bonds is 3. The van der Waals surface area contributed by atoms with E-state index in [0.717, 1.165) is 12.2 Å². The molecule has 0 fully saturated rings. The summed E-state index contributed by atoms with van der Waals surface area (Å²) < 4.78 is 1.99. The van der Waals surface area contributed by atoms with Crippen molar-refractivity contribution in [3.8, 4) is 0 Å². The van der Waals surface area contributed by atoms with Crippen molar-refractivity contribution in [3.05, 3.63) is 18.2 Å². The summed E-state index contributed by atoms with van der Waals surface area (Å²) in [6.07, 6.45) is 4.78. The van der Waals surface area contributed by atoms with Crippen molar-refractivity contribution in [3.63, 3.8) is 0 Å². The zero-order valence-electron chi connectivity index (χ0n) is 8.91. The van der Waals surface area contributed by atoms with Gasteiger partial charge >= 0.3 is 0 Å². The number of imidazole rings is 1. The van der Waals surface area contributed by atoms with E-state index in [4.69, 9.17) is 5.73 Å². The van der Waals surface area contributed by atoms with Crippen LogP contribution in [0.2, 0.25) is 0 Å². The summed E-state index contributed by atoms with van der Waals surface area (Å²) in [6.45, 7) is 6.50. The molecule has 0 radical (unpaired) electrons. The van der Waals surface area contributed by atoms with Gasteiger partial charge in [-0.15, -0.1) is 0 Å². The van der Waals surface area contributed by atoms with Crippen LogP contribution in [0.25, 0.3) is 0 Å². The van der Waals surface area contributed by atoms with Crippen LogP contribution < -0.4 is 5.73 Å². The molecular formula is C10H19N3. The second kappa shape index (κ2) is 3.50. The van der Waals surface area contributed by atoms with Crippen LogP contribution in [-0.4, -0.2) is 9.55 Å². The van der Waals surface area contributed by atoms with Gasteiger partial charge in [0.2, 0.25) is 0 Å². The molecule has 0 aromatic carbocycles. The summed E-state index contributed by atoms with van der Waals surface area (Å²) in [4.78, 5) is 4.27. The summed E-state index contributed by atoms with van der Waals surface area (Å²) in [5, 5.41) is 0. The predicted molar refractivity (Wildman–Crippen MR) is 54.2 cm³/mol. The minimum absolute atomic E-state index is 0.0116. The molecule has 74 valence electrons. The molecule has 1 rings (SSSR count). The average Bonchev–Trinajstić information content (AvgIpc) is 2.50. The molecule has 3 nitrogen and oxygen atoms in total. The molecule has 1 aromatic rings. The number of aromatic nitrogens is 2. The van der Waals surface area contributed by atoms with E-state index in [-0.39, 0.29) is 11.5 Å². The number of hydrogen-bond acceptors (Lipinski definition) is 2. The summed E-state index contributed by atoms with van der Waals surface area (Å²) in [7, 11) is 1.98. The molecule has 0 bridgehead atoms. The van der Waals surface area contributed by atoms with Gasteiger partial charge in [-0.2, -0.15) is 0 Å². The van der Waals surface area contributed by atoms with Crippen molar-refractivity contribution in [1.82, 2.24) is 9.55 Å². The summed E-state index contributed by atoms with van der Waals surface area (Å²) >= 11 is 0. The van der Waals surface area contributed by atoms with Gasteiger partial charge in [0.05, 0.1) is 6.04 Å². The zero-order valence-corrected chi connectivity index (χ0v) is 8.91. The van der Waals surface area contributed by atoms with Crippen LogP contribution in [0.5, 0.6) is 0 Å². The Kier molecular flexibility index (Phi) is 2.76. The molecule has 1 heterocycles. The van der Waals surface area contributed by atoms with Gasteiger partial charge < -0.3 is 10.3 Å². The first-order valence-corrected chi connectivity index (χ1v) is 4.72. The Labute approximate surface area is 80.0 Å². The van der Waals surface area contributed by atoms with Gasteiger partial charge in [0.1, 0.15) is 5.82 Å². The third-order valence-electron chi connectivity index (χ3n) is 2.89. The molecule has 2 N–H and O–H groups in total. The monoisotopic (exact) mass is 181 g/mol. The van der Waals surface area contributed by atoms with E-state index in [2.05, 4.69) is 25.8 Å². The Bertz CT molecular complexity index is 275. The molecule has 0 aliphatic carbocycles. The van der Waals surface area contributed by atoms with Crippen LogP contribution >= 0.6 is 0 Å². The van der Waals surface area contributed by atoms with Crippen molar-refractivity contribution in [2.24, 2.45) is 18.2 Å². The van der Waals surface area contributed by atoms with Gasteiger partial charge in [-0.3, -0.25) is 0 Å². The first kappa shape index (κ1) is 10.3.